The van der Waals surface area contributed by atoms with Gasteiger partial charge in [-0.05, 0) is 77.6 Å². The van der Waals surface area contributed by atoms with Gasteiger partial charge in [0, 0.05) is 9.13 Å². The van der Waals surface area contributed by atoms with E-state index in [9.17, 15) is 4.79 Å². The fourth-order valence-corrected chi connectivity index (χ4v) is 2.79. The number of ether oxygens (including phenoxy) is 3. The Labute approximate surface area is 171 Å². The topological polar surface area (TPSA) is 57.1 Å². The summed E-state index contributed by atoms with van der Waals surface area (Å²) in [6.45, 7) is 6.42. The van der Waals surface area contributed by atoms with Gasteiger partial charge in [-0.3, -0.25) is 0 Å². The summed E-state index contributed by atoms with van der Waals surface area (Å²) < 4.78 is 17.6. The number of halogens is 1. The molecule has 0 aliphatic carbocycles. The van der Waals surface area contributed by atoms with Crippen LogP contribution in [0.25, 0.3) is 6.08 Å². The third kappa shape index (κ3) is 4.77. The number of carbonyl (C=O) groups is 1. The zero-order valence-corrected chi connectivity index (χ0v) is 16.9. The predicted molar refractivity (Wildman–Crippen MR) is 113 cm³/mol. The minimum absolute atomic E-state index is 0.241. The monoisotopic (exact) mass is 475 g/mol. The molecule has 0 fully saturated rings. The van der Waals surface area contributed by atoms with E-state index in [1.807, 2.05) is 37.3 Å². The quantitative estimate of drug-likeness (QED) is 0.254. The molecule has 0 atom stereocenters. The lowest BCUT2D eigenvalue weighted by atomic mass is 10.1. The van der Waals surface area contributed by atoms with Gasteiger partial charge in [-0.15, -0.1) is 0 Å². The highest BCUT2D eigenvalue weighted by Crippen LogP contribution is 2.30. The Bertz CT molecular complexity index is 916. The lowest BCUT2D eigenvalue weighted by Gasteiger charge is -2.11. The number of cyclic esters (lactones) is 1. The highest BCUT2D eigenvalue weighted by molar-refractivity contribution is 14.1. The van der Waals surface area contributed by atoms with Crippen LogP contribution in [0.1, 0.15) is 18.1 Å². The van der Waals surface area contributed by atoms with Gasteiger partial charge in [-0.2, -0.15) is 0 Å². The highest BCUT2D eigenvalue weighted by atomic mass is 127. The van der Waals surface area contributed by atoms with Gasteiger partial charge in [0.2, 0.25) is 5.90 Å². The predicted octanol–water partition coefficient (Wildman–Crippen LogP) is 4.60. The van der Waals surface area contributed by atoms with E-state index in [2.05, 4.69) is 34.2 Å². The smallest absolute Gasteiger partial charge is 0.363 e. The average Bonchev–Trinajstić information content (AvgIpc) is 3.02. The average molecular weight is 475 g/mol. The number of esters is 1. The molecule has 5 nitrogen and oxygen atoms in total. The summed E-state index contributed by atoms with van der Waals surface area (Å²) in [6, 6.07) is 13.0. The summed E-state index contributed by atoms with van der Waals surface area (Å²) in [6.07, 6.45) is 3.34. The summed E-state index contributed by atoms with van der Waals surface area (Å²) >= 11 is 2.22. The molecule has 6 heteroatoms. The van der Waals surface area contributed by atoms with Gasteiger partial charge in [0.15, 0.2) is 17.2 Å². The standard InChI is InChI=1S/C21H18INO4/c1-3-11-26-18-10-5-14(13-19(18)25-4-2)12-17-21(24)27-20(23-17)15-6-8-16(22)9-7-15/h3,5-10,12-13H,1,4,11H2,2H3/b17-12-. The molecule has 2 aromatic carbocycles. The van der Waals surface area contributed by atoms with Crippen molar-refractivity contribution in [2.24, 2.45) is 4.99 Å². The van der Waals surface area contributed by atoms with Crippen LogP contribution in [0.2, 0.25) is 0 Å². The molecule has 1 aliphatic rings. The van der Waals surface area contributed by atoms with Crippen LogP contribution in [0.15, 0.2) is 65.8 Å². The Morgan fingerprint density at radius 2 is 1.93 bits per heavy atom. The molecular formula is C21H18INO4. The molecule has 0 saturated heterocycles. The van der Waals surface area contributed by atoms with Gasteiger partial charge < -0.3 is 14.2 Å². The molecule has 0 aromatic heterocycles. The van der Waals surface area contributed by atoms with Gasteiger partial charge in [0.25, 0.3) is 0 Å². The first-order valence-corrected chi connectivity index (χ1v) is 9.47. The van der Waals surface area contributed by atoms with Crippen molar-refractivity contribution in [2.75, 3.05) is 13.2 Å². The van der Waals surface area contributed by atoms with E-state index in [-0.39, 0.29) is 5.70 Å². The molecule has 0 saturated carbocycles. The number of carbonyl (C=O) groups excluding carboxylic acids is 1. The number of aliphatic imine (C=N–C) groups is 1. The molecular weight excluding hydrogens is 457 g/mol. The van der Waals surface area contributed by atoms with E-state index < -0.39 is 5.97 Å². The normalized spacial score (nSPS) is 14.7. The largest absolute Gasteiger partial charge is 0.490 e. The Hall–Kier alpha value is -2.61. The summed E-state index contributed by atoms with van der Waals surface area (Å²) in [5.74, 6) is 1.05. The number of benzene rings is 2. The maximum absolute atomic E-state index is 12.2. The van der Waals surface area contributed by atoms with Gasteiger partial charge >= 0.3 is 5.97 Å². The Morgan fingerprint density at radius 1 is 1.15 bits per heavy atom. The maximum Gasteiger partial charge on any atom is 0.363 e. The van der Waals surface area contributed by atoms with Crippen molar-refractivity contribution in [3.8, 4) is 11.5 Å². The molecule has 0 radical (unpaired) electrons. The number of hydrogen-bond donors (Lipinski definition) is 0. The molecule has 0 spiro atoms. The molecule has 0 unspecified atom stereocenters. The van der Waals surface area contributed by atoms with Gasteiger partial charge in [-0.1, -0.05) is 18.7 Å². The second kappa shape index (κ2) is 8.85. The van der Waals surface area contributed by atoms with Crippen molar-refractivity contribution in [3.63, 3.8) is 0 Å². The summed E-state index contributed by atoms with van der Waals surface area (Å²) in [5.41, 5.74) is 1.77. The number of nitrogens with zero attached hydrogens (tertiary/aromatic N) is 1. The number of hydrogen-bond acceptors (Lipinski definition) is 5. The van der Waals surface area contributed by atoms with Gasteiger partial charge in [0.05, 0.1) is 6.61 Å². The van der Waals surface area contributed by atoms with Crippen LogP contribution in [0.3, 0.4) is 0 Å². The van der Waals surface area contributed by atoms with Crippen LogP contribution >= 0.6 is 22.6 Å². The van der Waals surface area contributed by atoms with Crippen LogP contribution < -0.4 is 9.47 Å². The lowest BCUT2D eigenvalue weighted by molar-refractivity contribution is -0.129. The highest BCUT2D eigenvalue weighted by Gasteiger charge is 2.24. The first kappa shape index (κ1) is 19.2. The fraction of sp³-hybridized carbons (Fsp3) is 0.143. The van der Waals surface area contributed by atoms with Crippen molar-refractivity contribution >= 4 is 40.5 Å². The van der Waals surface area contributed by atoms with E-state index in [1.54, 1.807) is 24.3 Å². The zero-order chi connectivity index (χ0) is 19.2. The first-order valence-electron chi connectivity index (χ1n) is 8.39. The first-order chi connectivity index (χ1) is 13.1. The molecule has 138 valence electrons. The fourth-order valence-electron chi connectivity index (χ4n) is 2.43. The summed E-state index contributed by atoms with van der Waals surface area (Å²) in [4.78, 5) is 16.5. The van der Waals surface area contributed by atoms with Crippen molar-refractivity contribution < 1.29 is 19.0 Å². The Kier molecular flexibility index (Phi) is 6.28. The van der Waals surface area contributed by atoms with Crippen LogP contribution in [0.5, 0.6) is 11.5 Å². The molecule has 0 bridgehead atoms. The lowest BCUT2D eigenvalue weighted by Crippen LogP contribution is -2.05. The summed E-state index contributed by atoms with van der Waals surface area (Å²) in [7, 11) is 0. The van der Waals surface area contributed by atoms with Gasteiger partial charge in [0.1, 0.15) is 6.61 Å². The van der Waals surface area contributed by atoms with E-state index in [1.165, 1.54) is 0 Å². The van der Waals surface area contributed by atoms with E-state index >= 15 is 0 Å². The van der Waals surface area contributed by atoms with Crippen molar-refractivity contribution in [3.05, 3.63) is 75.5 Å². The molecule has 1 aliphatic heterocycles. The van der Waals surface area contributed by atoms with E-state index in [0.717, 1.165) is 14.7 Å². The third-order valence-electron chi connectivity index (χ3n) is 3.64. The molecule has 0 amide bonds. The van der Waals surface area contributed by atoms with Crippen LogP contribution in [0, 0.1) is 3.57 Å². The second-order valence-electron chi connectivity index (χ2n) is 5.58. The minimum atomic E-state index is -0.478. The van der Waals surface area contributed by atoms with E-state index in [0.29, 0.717) is 30.6 Å². The molecule has 0 N–H and O–H groups in total. The zero-order valence-electron chi connectivity index (χ0n) is 14.8. The minimum Gasteiger partial charge on any atom is -0.490 e. The van der Waals surface area contributed by atoms with Crippen molar-refractivity contribution in [1.82, 2.24) is 0 Å². The van der Waals surface area contributed by atoms with Crippen molar-refractivity contribution in [1.29, 1.82) is 0 Å². The maximum atomic E-state index is 12.2. The summed E-state index contributed by atoms with van der Waals surface area (Å²) in [5, 5.41) is 0. The van der Waals surface area contributed by atoms with Crippen LogP contribution in [-0.4, -0.2) is 25.1 Å². The molecule has 27 heavy (non-hydrogen) atoms. The SMILES string of the molecule is C=CCOc1ccc(/C=C2\N=C(c3ccc(I)cc3)OC2=O)cc1OCC. The van der Waals surface area contributed by atoms with Crippen LogP contribution in [0.4, 0.5) is 0 Å². The Balaban J connectivity index is 1.88. The van der Waals surface area contributed by atoms with Crippen LogP contribution in [-0.2, 0) is 9.53 Å². The Morgan fingerprint density at radius 3 is 2.63 bits per heavy atom. The third-order valence-corrected chi connectivity index (χ3v) is 4.36. The molecule has 3 rings (SSSR count). The van der Waals surface area contributed by atoms with E-state index in [4.69, 9.17) is 14.2 Å². The van der Waals surface area contributed by atoms with Crippen molar-refractivity contribution in [2.45, 2.75) is 6.92 Å². The molecule has 2 aromatic rings. The molecule has 1 heterocycles. The van der Waals surface area contributed by atoms with Gasteiger partial charge in [-0.25, -0.2) is 9.79 Å². The number of rotatable bonds is 7. The second-order valence-corrected chi connectivity index (χ2v) is 6.83.